The highest BCUT2D eigenvalue weighted by Crippen LogP contribution is 2.08. The van der Waals surface area contributed by atoms with Crippen molar-refractivity contribution in [2.24, 2.45) is 5.73 Å². The summed E-state index contributed by atoms with van der Waals surface area (Å²) >= 11 is 0. The van der Waals surface area contributed by atoms with Crippen molar-refractivity contribution in [3.63, 3.8) is 0 Å². The molecule has 3 N–H and O–H groups in total. The number of carbonyl (C=O) groups is 1. The quantitative estimate of drug-likeness (QED) is 0.737. The van der Waals surface area contributed by atoms with E-state index in [1.165, 1.54) is 6.20 Å². The van der Waals surface area contributed by atoms with Crippen molar-refractivity contribution in [3.05, 3.63) is 24.0 Å². The van der Waals surface area contributed by atoms with E-state index in [1.54, 1.807) is 12.1 Å². The summed E-state index contributed by atoms with van der Waals surface area (Å²) in [7, 11) is 0. The van der Waals surface area contributed by atoms with Gasteiger partial charge < -0.3 is 10.8 Å². The Bertz CT molecular complexity index is 351. The summed E-state index contributed by atoms with van der Waals surface area (Å²) < 4.78 is 0. The lowest BCUT2D eigenvalue weighted by molar-refractivity contribution is -0.119. The molecule has 0 fully saturated rings. The Balaban J connectivity index is 2.57. The van der Waals surface area contributed by atoms with Crippen molar-refractivity contribution >= 4 is 5.91 Å². The van der Waals surface area contributed by atoms with Crippen LogP contribution in [0.25, 0.3) is 0 Å². The molecule has 17 heavy (non-hydrogen) atoms. The molecule has 0 atom stereocenters. The van der Waals surface area contributed by atoms with Crippen molar-refractivity contribution in [1.82, 2.24) is 9.88 Å². The second kappa shape index (κ2) is 6.85. The molecule has 0 bridgehead atoms. The van der Waals surface area contributed by atoms with E-state index in [-0.39, 0.29) is 18.2 Å². The predicted octanol–water partition coefficient (Wildman–Crippen LogP) is 0.875. The van der Waals surface area contributed by atoms with Crippen molar-refractivity contribution < 1.29 is 9.90 Å². The van der Waals surface area contributed by atoms with E-state index in [2.05, 4.69) is 11.9 Å². The third-order valence-corrected chi connectivity index (χ3v) is 2.40. The Morgan fingerprint density at radius 2 is 2.29 bits per heavy atom. The molecular formula is C12H19N3O2. The molecule has 0 aliphatic rings. The number of hydrogen-bond donors (Lipinski definition) is 2. The van der Waals surface area contributed by atoms with Gasteiger partial charge in [0.25, 0.3) is 0 Å². The van der Waals surface area contributed by atoms with Gasteiger partial charge in [-0.2, -0.15) is 0 Å². The monoisotopic (exact) mass is 237 g/mol. The number of hydrogen-bond acceptors (Lipinski definition) is 4. The van der Waals surface area contributed by atoms with E-state index in [4.69, 9.17) is 10.8 Å². The highest BCUT2D eigenvalue weighted by molar-refractivity contribution is 5.75. The van der Waals surface area contributed by atoms with Gasteiger partial charge in [-0.3, -0.25) is 14.7 Å². The van der Waals surface area contributed by atoms with Crippen LogP contribution < -0.4 is 5.73 Å². The SMILES string of the molecule is CCCCN(CC(N)=O)Cc1ccc(O)cn1. The van der Waals surface area contributed by atoms with Gasteiger partial charge in [-0.1, -0.05) is 13.3 Å². The third kappa shape index (κ3) is 5.31. The van der Waals surface area contributed by atoms with E-state index < -0.39 is 0 Å². The van der Waals surface area contributed by atoms with Gasteiger partial charge in [-0.15, -0.1) is 0 Å². The van der Waals surface area contributed by atoms with Crippen LogP contribution in [-0.2, 0) is 11.3 Å². The number of rotatable bonds is 7. The molecule has 0 saturated heterocycles. The van der Waals surface area contributed by atoms with Crippen LogP contribution in [0.4, 0.5) is 0 Å². The van der Waals surface area contributed by atoms with E-state index in [1.807, 2.05) is 4.90 Å². The van der Waals surface area contributed by atoms with Gasteiger partial charge in [-0.25, -0.2) is 0 Å². The first kappa shape index (κ1) is 13.4. The summed E-state index contributed by atoms with van der Waals surface area (Å²) in [6, 6.07) is 3.33. The number of primary amides is 1. The molecule has 0 aromatic carbocycles. The summed E-state index contributed by atoms with van der Waals surface area (Å²) in [4.78, 5) is 17.0. The molecular weight excluding hydrogens is 218 g/mol. The van der Waals surface area contributed by atoms with Crippen molar-refractivity contribution in [2.75, 3.05) is 13.1 Å². The number of unbranched alkanes of at least 4 members (excludes halogenated alkanes) is 1. The third-order valence-electron chi connectivity index (χ3n) is 2.40. The zero-order valence-electron chi connectivity index (χ0n) is 10.1. The molecule has 0 spiro atoms. The number of aromatic hydroxyl groups is 1. The standard InChI is InChI=1S/C12H19N3O2/c1-2-3-6-15(9-12(13)17)8-10-4-5-11(16)7-14-10/h4-5,7,16H,2-3,6,8-9H2,1H3,(H2,13,17). The van der Waals surface area contributed by atoms with Crippen LogP contribution in [0.5, 0.6) is 5.75 Å². The molecule has 94 valence electrons. The maximum atomic E-state index is 10.9. The average molecular weight is 237 g/mol. The fourth-order valence-corrected chi connectivity index (χ4v) is 1.56. The van der Waals surface area contributed by atoms with Crippen LogP contribution in [0.15, 0.2) is 18.3 Å². The fraction of sp³-hybridized carbons (Fsp3) is 0.500. The molecule has 1 heterocycles. The summed E-state index contributed by atoms with van der Waals surface area (Å²) in [5.74, 6) is -0.191. The highest BCUT2D eigenvalue weighted by Gasteiger charge is 2.09. The molecule has 5 nitrogen and oxygen atoms in total. The van der Waals surface area contributed by atoms with Crippen LogP contribution in [-0.4, -0.2) is 34.0 Å². The van der Waals surface area contributed by atoms with E-state index in [0.29, 0.717) is 6.54 Å². The molecule has 1 aromatic heterocycles. The van der Waals surface area contributed by atoms with Gasteiger partial charge in [0.05, 0.1) is 18.4 Å². The second-order valence-electron chi connectivity index (χ2n) is 4.04. The number of aromatic nitrogens is 1. The number of nitrogens with two attached hydrogens (primary N) is 1. The van der Waals surface area contributed by atoms with Crippen LogP contribution >= 0.6 is 0 Å². The Morgan fingerprint density at radius 3 is 2.82 bits per heavy atom. The maximum Gasteiger partial charge on any atom is 0.231 e. The number of nitrogens with zero attached hydrogens (tertiary/aromatic N) is 2. The average Bonchev–Trinajstić information content (AvgIpc) is 2.28. The van der Waals surface area contributed by atoms with Crippen LogP contribution in [0.2, 0.25) is 0 Å². The second-order valence-corrected chi connectivity index (χ2v) is 4.04. The minimum absolute atomic E-state index is 0.142. The summed E-state index contributed by atoms with van der Waals surface area (Å²) in [6.07, 6.45) is 3.49. The topological polar surface area (TPSA) is 79.5 Å². The van der Waals surface area contributed by atoms with Crippen LogP contribution in [0, 0.1) is 0 Å². The lowest BCUT2D eigenvalue weighted by Gasteiger charge is -2.19. The molecule has 0 aliphatic carbocycles. The van der Waals surface area contributed by atoms with Crippen LogP contribution in [0.3, 0.4) is 0 Å². The smallest absolute Gasteiger partial charge is 0.231 e. The van der Waals surface area contributed by atoms with Crippen molar-refractivity contribution in [3.8, 4) is 5.75 Å². The highest BCUT2D eigenvalue weighted by atomic mass is 16.3. The molecule has 0 aliphatic heterocycles. The summed E-state index contributed by atoms with van der Waals surface area (Å²) in [6.45, 7) is 3.73. The lowest BCUT2D eigenvalue weighted by Crippen LogP contribution is -2.34. The number of pyridine rings is 1. The molecule has 0 radical (unpaired) electrons. The van der Waals surface area contributed by atoms with E-state index >= 15 is 0 Å². The summed E-state index contributed by atoms with van der Waals surface area (Å²) in [5.41, 5.74) is 6.02. The van der Waals surface area contributed by atoms with Gasteiger partial charge in [0, 0.05) is 6.54 Å². The maximum absolute atomic E-state index is 10.9. The Hall–Kier alpha value is -1.62. The Morgan fingerprint density at radius 1 is 1.53 bits per heavy atom. The van der Waals surface area contributed by atoms with E-state index in [0.717, 1.165) is 25.1 Å². The van der Waals surface area contributed by atoms with Crippen molar-refractivity contribution in [1.29, 1.82) is 0 Å². The molecule has 0 saturated carbocycles. The van der Waals surface area contributed by atoms with E-state index in [9.17, 15) is 4.79 Å². The minimum atomic E-state index is -0.333. The Kier molecular flexibility index (Phi) is 5.42. The first-order valence-corrected chi connectivity index (χ1v) is 5.76. The molecule has 5 heteroatoms. The van der Waals surface area contributed by atoms with Gasteiger partial charge in [0.2, 0.25) is 5.91 Å². The van der Waals surface area contributed by atoms with Gasteiger partial charge >= 0.3 is 0 Å². The fourth-order valence-electron chi connectivity index (χ4n) is 1.56. The normalized spacial score (nSPS) is 10.7. The zero-order chi connectivity index (χ0) is 12.7. The van der Waals surface area contributed by atoms with Gasteiger partial charge in [0.15, 0.2) is 0 Å². The van der Waals surface area contributed by atoms with Crippen LogP contribution in [0.1, 0.15) is 25.5 Å². The summed E-state index contributed by atoms with van der Waals surface area (Å²) in [5, 5.41) is 9.13. The lowest BCUT2D eigenvalue weighted by atomic mass is 10.2. The van der Waals surface area contributed by atoms with Gasteiger partial charge in [0.1, 0.15) is 5.75 Å². The van der Waals surface area contributed by atoms with Gasteiger partial charge in [-0.05, 0) is 25.1 Å². The first-order chi connectivity index (χ1) is 8.11. The first-order valence-electron chi connectivity index (χ1n) is 5.76. The van der Waals surface area contributed by atoms with Crippen molar-refractivity contribution in [2.45, 2.75) is 26.3 Å². The molecule has 1 rings (SSSR count). The minimum Gasteiger partial charge on any atom is -0.506 e. The molecule has 0 unspecified atom stereocenters. The predicted molar refractivity (Wildman–Crippen MR) is 65.3 cm³/mol. The largest absolute Gasteiger partial charge is 0.506 e. The zero-order valence-corrected chi connectivity index (χ0v) is 10.1. The number of amides is 1. The Labute approximate surface area is 101 Å². The molecule has 1 amide bonds. The molecule has 1 aromatic rings. The number of carbonyl (C=O) groups excluding carboxylic acids is 1.